The average molecular weight is 569 g/mol. The van der Waals surface area contributed by atoms with Crippen LogP contribution in [0.25, 0.3) is 0 Å². The third-order valence-corrected chi connectivity index (χ3v) is 9.54. The normalized spacial score (nSPS) is 24.6. The van der Waals surface area contributed by atoms with Crippen LogP contribution >= 0.6 is 0 Å². The molecule has 1 aromatic carbocycles. The van der Waals surface area contributed by atoms with Gasteiger partial charge >= 0.3 is 6.09 Å². The number of hydrogen-bond acceptors (Lipinski definition) is 6. The van der Waals surface area contributed by atoms with Gasteiger partial charge < -0.3 is 26.0 Å². The highest BCUT2D eigenvalue weighted by Crippen LogP contribution is 2.65. The van der Waals surface area contributed by atoms with Crippen molar-refractivity contribution in [3.63, 3.8) is 0 Å². The van der Waals surface area contributed by atoms with Crippen molar-refractivity contribution in [1.82, 2.24) is 15.5 Å². The second-order valence-corrected chi connectivity index (χ2v) is 12.9. The summed E-state index contributed by atoms with van der Waals surface area (Å²) in [6.07, 6.45) is 1.03. The number of piperidine rings is 1. The summed E-state index contributed by atoms with van der Waals surface area (Å²) < 4.78 is 5.58. The van der Waals surface area contributed by atoms with Crippen molar-refractivity contribution in [1.29, 1.82) is 0 Å². The van der Waals surface area contributed by atoms with Crippen molar-refractivity contribution < 1.29 is 28.7 Å². The van der Waals surface area contributed by atoms with Crippen LogP contribution in [0.15, 0.2) is 24.3 Å². The number of hydrogen-bond donors (Lipinski definition) is 3. The van der Waals surface area contributed by atoms with Crippen LogP contribution in [0.5, 0.6) is 0 Å². The van der Waals surface area contributed by atoms with E-state index in [9.17, 15) is 24.0 Å². The monoisotopic (exact) mass is 568 g/mol. The SMILES string of the molecule is CCCC(NC(=O)[C@@H]1C2C(CN1C(=O)[C@@H](NC(=O)O[C@H](C)C(C)C)C1Cc3ccccc3C1)C2(C)C)C(=O)C(N)=O. The number of carbonyl (C=O) groups is 5. The van der Waals surface area contributed by atoms with Gasteiger partial charge in [-0.2, -0.15) is 0 Å². The first kappa shape index (κ1) is 30.5. The molecule has 10 nitrogen and oxygen atoms in total. The molecule has 4 N–H and O–H groups in total. The quantitative estimate of drug-likeness (QED) is 0.349. The Morgan fingerprint density at radius 1 is 1.05 bits per heavy atom. The van der Waals surface area contributed by atoms with Crippen LogP contribution in [0.3, 0.4) is 0 Å². The molecule has 41 heavy (non-hydrogen) atoms. The smallest absolute Gasteiger partial charge is 0.408 e. The molecule has 3 unspecified atom stereocenters. The van der Waals surface area contributed by atoms with Gasteiger partial charge in [0.15, 0.2) is 0 Å². The van der Waals surface area contributed by atoms with Crippen LogP contribution < -0.4 is 16.4 Å². The third kappa shape index (κ3) is 6.11. The highest BCUT2D eigenvalue weighted by atomic mass is 16.6. The summed E-state index contributed by atoms with van der Waals surface area (Å²) in [5.41, 5.74) is 7.34. The minimum absolute atomic E-state index is 0.103. The maximum Gasteiger partial charge on any atom is 0.408 e. The highest BCUT2D eigenvalue weighted by Gasteiger charge is 2.69. The lowest BCUT2D eigenvalue weighted by Crippen LogP contribution is -2.59. The number of Topliss-reactive ketones (excluding diaryl/α,β-unsaturated/α-hetero) is 1. The van der Waals surface area contributed by atoms with E-state index in [0.717, 1.165) is 11.1 Å². The Balaban J connectivity index is 1.60. The average Bonchev–Trinajstić information content (AvgIpc) is 3.29. The van der Waals surface area contributed by atoms with E-state index in [1.807, 2.05) is 52.0 Å². The fourth-order valence-electron chi connectivity index (χ4n) is 6.65. The fourth-order valence-corrected chi connectivity index (χ4v) is 6.65. The molecule has 1 aliphatic heterocycles. The molecule has 3 aliphatic rings. The van der Waals surface area contributed by atoms with Crippen molar-refractivity contribution in [2.75, 3.05) is 6.54 Å². The third-order valence-electron chi connectivity index (χ3n) is 9.54. The largest absolute Gasteiger partial charge is 0.446 e. The number of carbonyl (C=O) groups excluding carboxylic acids is 5. The van der Waals surface area contributed by atoms with Gasteiger partial charge in [0.1, 0.15) is 18.2 Å². The topological polar surface area (TPSA) is 148 Å². The molecule has 2 fully saturated rings. The molecule has 0 aromatic heterocycles. The summed E-state index contributed by atoms with van der Waals surface area (Å²) in [5, 5.41) is 5.59. The number of alkyl carbamates (subject to hydrolysis) is 1. The molecule has 1 saturated carbocycles. The summed E-state index contributed by atoms with van der Waals surface area (Å²) in [6.45, 7) is 12.0. The number of rotatable bonds is 11. The van der Waals surface area contributed by atoms with Gasteiger partial charge in [-0.05, 0) is 66.4 Å². The van der Waals surface area contributed by atoms with Gasteiger partial charge in [0.25, 0.3) is 5.91 Å². The Morgan fingerprint density at radius 3 is 2.20 bits per heavy atom. The molecule has 2 aliphatic carbocycles. The minimum Gasteiger partial charge on any atom is -0.446 e. The molecule has 0 spiro atoms. The lowest BCUT2D eigenvalue weighted by molar-refractivity contribution is -0.144. The van der Waals surface area contributed by atoms with Gasteiger partial charge in [-0.3, -0.25) is 19.2 Å². The minimum atomic E-state index is -1.10. The molecule has 4 rings (SSSR count). The van der Waals surface area contributed by atoms with Crippen LogP contribution in [0.4, 0.5) is 4.79 Å². The first-order valence-electron chi connectivity index (χ1n) is 14.8. The Morgan fingerprint density at radius 2 is 1.66 bits per heavy atom. The Labute approximate surface area is 242 Å². The fraction of sp³-hybridized carbons (Fsp3) is 0.645. The molecule has 224 valence electrons. The number of ether oxygens (including phenoxy) is 1. The van der Waals surface area contributed by atoms with E-state index in [0.29, 0.717) is 25.8 Å². The highest BCUT2D eigenvalue weighted by molar-refractivity contribution is 6.37. The van der Waals surface area contributed by atoms with Crippen molar-refractivity contribution in [3.8, 4) is 0 Å². The summed E-state index contributed by atoms with van der Waals surface area (Å²) in [4.78, 5) is 66.7. The van der Waals surface area contributed by atoms with Gasteiger partial charge in [-0.25, -0.2) is 4.79 Å². The molecular weight excluding hydrogens is 524 g/mol. The van der Waals surface area contributed by atoms with E-state index in [2.05, 4.69) is 24.5 Å². The number of amides is 4. The maximum absolute atomic E-state index is 14.3. The first-order chi connectivity index (χ1) is 19.3. The van der Waals surface area contributed by atoms with Gasteiger partial charge in [0, 0.05) is 6.54 Å². The van der Waals surface area contributed by atoms with E-state index in [1.54, 1.807) is 4.90 Å². The van der Waals surface area contributed by atoms with Crippen LogP contribution in [-0.2, 0) is 36.8 Å². The van der Waals surface area contributed by atoms with Crippen molar-refractivity contribution in [2.45, 2.75) is 91.5 Å². The predicted molar refractivity (Wildman–Crippen MR) is 152 cm³/mol. The molecule has 1 saturated heterocycles. The molecule has 4 amide bonds. The number of fused-ring (bicyclic) bond motifs is 2. The number of nitrogens with one attached hydrogen (secondary N) is 2. The predicted octanol–water partition coefficient (Wildman–Crippen LogP) is 2.36. The van der Waals surface area contributed by atoms with E-state index < -0.39 is 41.8 Å². The second-order valence-electron chi connectivity index (χ2n) is 12.9. The Kier molecular flexibility index (Phi) is 8.80. The van der Waals surface area contributed by atoms with Crippen LogP contribution in [0, 0.1) is 29.1 Å². The number of nitrogens with zero attached hydrogens (tertiary/aromatic N) is 1. The van der Waals surface area contributed by atoms with E-state index in [1.165, 1.54) is 0 Å². The molecule has 10 heteroatoms. The van der Waals surface area contributed by atoms with Crippen LogP contribution in [0.2, 0.25) is 0 Å². The van der Waals surface area contributed by atoms with E-state index in [4.69, 9.17) is 10.5 Å². The van der Waals surface area contributed by atoms with Crippen molar-refractivity contribution in [3.05, 3.63) is 35.4 Å². The zero-order valence-corrected chi connectivity index (χ0v) is 24.9. The maximum atomic E-state index is 14.3. The number of primary amides is 1. The number of likely N-dealkylation sites (tertiary alicyclic amines) is 1. The molecule has 0 radical (unpaired) electrons. The van der Waals surface area contributed by atoms with Crippen molar-refractivity contribution >= 4 is 29.6 Å². The number of benzene rings is 1. The van der Waals surface area contributed by atoms with E-state index in [-0.39, 0.29) is 47.5 Å². The summed E-state index contributed by atoms with van der Waals surface area (Å²) >= 11 is 0. The standard InChI is InChI=1S/C31H44N4O6/c1-7-10-22(26(36)27(32)37)33-28(38)25-23-21(31(23,5)6)15-35(25)29(39)24(34-30(40)41-17(4)16(2)3)20-13-18-11-8-9-12-19(18)14-20/h8-9,11-12,16-17,20-25H,7,10,13-15H2,1-6H3,(H2,32,37)(H,33,38)(H,34,40)/t17-,21?,22?,23?,24+,25+/m1/s1. The summed E-state index contributed by atoms with van der Waals surface area (Å²) in [5.74, 6) is -2.88. The lowest BCUT2D eigenvalue weighted by Gasteiger charge is -2.35. The Bertz CT molecular complexity index is 1190. The molecule has 1 heterocycles. The summed E-state index contributed by atoms with van der Waals surface area (Å²) in [6, 6.07) is 5.20. The van der Waals surface area contributed by atoms with Crippen molar-refractivity contribution in [2.24, 2.45) is 34.8 Å². The van der Waals surface area contributed by atoms with Gasteiger partial charge in [-0.15, -0.1) is 0 Å². The van der Waals surface area contributed by atoms with Gasteiger partial charge in [0.2, 0.25) is 17.6 Å². The molecular formula is C31H44N4O6. The first-order valence-corrected chi connectivity index (χ1v) is 14.8. The second kappa shape index (κ2) is 11.8. The van der Waals surface area contributed by atoms with Crippen LogP contribution in [0.1, 0.15) is 65.5 Å². The number of nitrogens with two attached hydrogens (primary N) is 1. The Hall–Kier alpha value is -3.43. The molecule has 6 atom stereocenters. The molecule has 1 aromatic rings. The summed E-state index contributed by atoms with van der Waals surface area (Å²) in [7, 11) is 0. The lowest BCUT2D eigenvalue weighted by atomic mass is 9.93. The van der Waals surface area contributed by atoms with Gasteiger partial charge in [-0.1, -0.05) is 65.3 Å². The van der Waals surface area contributed by atoms with E-state index >= 15 is 0 Å². The van der Waals surface area contributed by atoms with Gasteiger partial charge in [0.05, 0.1) is 6.04 Å². The zero-order valence-electron chi connectivity index (χ0n) is 24.9. The molecule has 0 bridgehead atoms. The number of ketones is 1. The zero-order chi connectivity index (χ0) is 30.2. The van der Waals surface area contributed by atoms with Crippen LogP contribution in [-0.4, -0.2) is 65.3 Å².